The van der Waals surface area contributed by atoms with Crippen molar-refractivity contribution in [2.75, 3.05) is 4.90 Å². The predicted molar refractivity (Wildman–Crippen MR) is 311 cm³/mol. The first-order chi connectivity index (χ1) is 36.2. The van der Waals surface area contributed by atoms with Crippen molar-refractivity contribution in [2.24, 2.45) is 0 Å². The van der Waals surface area contributed by atoms with Gasteiger partial charge in [0.25, 0.3) is 0 Å². The number of hydrogen-bond acceptors (Lipinski definition) is 2. The second kappa shape index (κ2) is 17.6. The molecule has 1 nitrogen and oxygen atoms in total. The Balaban J connectivity index is 0.869. The first-order valence-corrected chi connectivity index (χ1v) is 26.0. The molecule has 0 radical (unpaired) electrons. The molecule has 1 aliphatic carbocycles. The van der Waals surface area contributed by atoms with E-state index in [0.717, 1.165) is 17.1 Å². The lowest BCUT2D eigenvalue weighted by atomic mass is 9.67. The van der Waals surface area contributed by atoms with Crippen LogP contribution in [0, 0.1) is 0 Å². The second-order valence-electron chi connectivity index (χ2n) is 19.2. The molecule has 2 heteroatoms. The molecule has 0 atom stereocenters. The molecule has 0 unspecified atom stereocenters. The van der Waals surface area contributed by atoms with Crippen molar-refractivity contribution in [3.63, 3.8) is 0 Å². The highest BCUT2D eigenvalue weighted by atomic mass is 32.1. The summed E-state index contributed by atoms with van der Waals surface area (Å²) in [5.41, 5.74) is 20.2. The van der Waals surface area contributed by atoms with Gasteiger partial charge in [0, 0.05) is 37.2 Å². The molecule has 0 spiro atoms. The number of anilines is 3. The summed E-state index contributed by atoms with van der Waals surface area (Å²) in [7, 11) is 0. The van der Waals surface area contributed by atoms with Crippen LogP contribution in [0.3, 0.4) is 0 Å². The van der Waals surface area contributed by atoms with Crippen LogP contribution >= 0.6 is 11.3 Å². The van der Waals surface area contributed by atoms with Gasteiger partial charge in [0.15, 0.2) is 0 Å². The Bertz CT molecular complexity index is 4130. The van der Waals surface area contributed by atoms with Gasteiger partial charge in [-0.05, 0) is 149 Å². The first kappa shape index (κ1) is 42.8. The van der Waals surface area contributed by atoms with E-state index in [9.17, 15) is 0 Å². The Morgan fingerprint density at radius 3 is 1.48 bits per heavy atom. The zero-order valence-corrected chi connectivity index (χ0v) is 40.8. The molecule has 0 N–H and O–H groups in total. The highest BCUT2D eigenvalue weighted by Gasteiger charge is 2.46. The van der Waals surface area contributed by atoms with Crippen molar-refractivity contribution in [3.05, 3.63) is 307 Å². The lowest BCUT2D eigenvalue weighted by Gasteiger charge is -2.34. The number of rotatable bonds is 9. The van der Waals surface area contributed by atoms with E-state index in [-0.39, 0.29) is 0 Å². The third-order valence-corrected chi connectivity index (χ3v) is 16.3. The van der Waals surface area contributed by atoms with Crippen LogP contribution in [0.1, 0.15) is 22.3 Å². The lowest BCUT2D eigenvalue weighted by Crippen LogP contribution is -2.28. The topological polar surface area (TPSA) is 3.24 Å². The summed E-state index contributed by atoms with van der Waals surface area (Å²) in [4.78, 5) is 2.39. The largest absolute Gasteiger partial charge is 0.311 e. The van der Waals surface area contributed by atoms with E-state index in [4.69, 9.17) is 0 Å². The minimum absolute atomic E-state index is 0.459. The van der Waals surface area contributed by atoms with E-state index < -0.39 is 5.41 Å². The van der Waals surface area contributed by atoms with Gasteiger partial charge in [-0.1, -0.05) is 224 Å². The molecule has 73 heavy (non-hydrogen) atoms. The number of benzene rings is 12. The van der Waals surface area contributed by atoms with E-state index in [1.807, 2.05) is 11.3 Å². The van der Waals surface area contributed by atoms with Gasteiger partial charge >= 0.3 is 0 Å². The van der Waals surface area contributed by atoms with Gasteiger partial charge in [0.1, 0.15) is 0 Å². The van der Waals surface area contributed by atoms with Crippen LogP contribution < -0.4 is 4.90 Å². The normalized spacial score (nSPS) is 12.5. The van der Waals surface area contributed by atoms with Gasteiger partial charge in [0.05, 0.1) is 5.41 Å². The summed E-state index contributed by atoms with van der Waals surface area (Å²) in [5.74, 6) is 0. The van der Waals surface area contributed by atoms with Gasteiger partial charge in [0.2, 0.25) is 0 Å². The third kappa shape index (κ3) is 7.13. The summed E-state index contributed by atoms with van der Waals surface area (Å²) < 4.78 is 2.63. The fourth-order valence-corrected chi connectivity index (χ4v) is 13.0. The van der Waals surface area contributed by atoms with Gasteiger partial charge in [-0.2, -0.15) is 0 Å². The van der Waals surface area contributed by atoms with Gasteiger partial charge < -0.3 is 4.90 Å². The second-order valence-corrected chi connectivity index (χ2v) is 20.2. The summed E-state index contributed by atoms with van der Waals surface area (Å²) in [6.45, 7) is 0. The lowest BCUT2D eigenvalue weighted by molar-refractivity contribution is 0.768. The van der Waals surface area contributed by atoms with E-state index >= 15 is 0 Å². The van der Waals surface area contributed by atoms with Crippen LogP contribution in [0.15, 0.2) is 285 Å². The van der Waals surface area contributed by atoms with Crippen LogP contribution in [-0.4, -0.2) is 0 Å². The number of fused-ring (bicyclic) bond motifs is 7. The van der Waals surface area contributed by atoms with E-state index in [1.54, 1.807) is 0 Å². The standard InChI is InChI=1S/C71H47NS/c1-3-20-56(21-4-1)71(57-22-5-2-6-23-57)65-28-11-9-24-63(65)69-61(26-14-29-66(69)71)50-36-42-59(43-37-50)72(60-44-38-51(39-45-60)62-27-15-31-68-70(62)64-25-10-12-30-67(64)73-68)58-40-34-49(35-41-58)53-18-13-19-54(46-53)55-33-32-48-16-7-8-17-52(48)47-55/h1-47H. The molecular formula is C71H47NS. The summed E-state index contributed by atoms with van der Waals surface area (Å²) in [5, 5.41) is 5.14. The smallest absolute Gasteiger partial charge is 0.0713 e. The van der Waals surface area contributed by atoms with Crippen LogP contribution in [0.25, 0.3) is 86.6 Å². The number of hydrogen-bond donors (Lipinski definition) is 0. The van der Waals surface area contributed by atoms with Crippen molar-refractivity contribution in [1.29, 1.82) is 0 Å². The van der Waals surface area contributed by atoms with E-state index in [2.05, 4.69) is 290 Å². The minimum atomic E-state index is -0.459. The molecule has 1 aromatic heterocycles. The Labute approximate surface area is 430 Å². The van der Waals surface area contributed by atoms with Gasteiger partial charge in [-0.3, -0.25) is 0 Å². The van der Waals surface area contributed by atoms with Crippen molar-refractivity contribution in [1.82, 2.24) is 0 Å². The Morgan fingerprint density at radius 1 is 0.288 bits per heavy atom. The third-order valence-electron chi connectivity index (χ3n) is 15.2. The van der Waals surface area contributed by atoms with Gasteiger partial charge in [-0.15, -0.1) is 11.3 Å². The predicted octanol–water partition coefficient (Wildman–Crippen LogP) is 19.7. The molecule has 12 aromatic carbocycles. The zero-order chi connectivity index (χ0) is 48.3. The van der Waals surface area contributed by atoms with Gasteiger partial charge in [-0.25, -0.2) is 0 Å². The average molecular weight is 946 g/mol. The molecule has 0 saturated heterocycles. The van der Waals surface area contributed by atoms with Crippen LogP contribution in [0.2, 0.25) is 0 Å². The summed E-state index contributed by atoms with van der Waals surface area (Å²) in [6, 6.07) is 105. The molecular weight excluding hydrogens is 899 g/mol. The Kier molecular flexibility index (Phi) is 10.3. The van der Waals surface area contributed by atoms with Crippen molar-refractivity contribution in [3.8, 4) is 55.6 Å². The quantitative estimate of drug-likeness (QED) is 0.139. The van der Waals surface area contributed by atoms with Crippen LogP contribution in [0.4, 0.5) is 17.1 Å². The molecule has 0 aliphatic heterocycles. The van der Waals surface area contributed by atoms with E-state index in [1.165, 1.54) is 109 Å². The Hall–Kier alpha value is -9.08. The molecule has 0 bridgehead atoms. The van der Waals surface area contributed by atoms with Crippen molar-refractivity contribution >= 4 is 59.3 Å². The number of nitrogens with zero attached hydrogens (tertiary/aromatic N) is 1. The van der Waals surface area contributed by atoms with Crippen molar-refractivity contribution < 1.29 is 0 Å². The molecule has 0 saturated carbocycles. The van der Waals surface area contributed by atoms with E-state index in [0.29, 0.717) is 0 Å². The number of thiophene rings is 1. The van der Waals surface area contributed by atoms with Crippen LogP contribution in [-0.2, 0) is 5.41 Å². The summed E-state index contributed by atoms with van der Waals surface area (Å²) >= 11 is 1.86. The van der Waals surface area contributed by atoms with Crippen LogP contribution in [0.5, 0.6) is 0 Å². The maximum atomic E-state index is 2.39. The molecule has 13 aromatic rings. The first-order valence-electron chi connectivity index (χ1n) is 25.1. The summed E-state index contributed by atoms with van der Waals surface area (Å²) in [6.07, 6.45) is 0. The Morgan fingerprint density at radius 2 is 0.767 bits per heavy atom. The SMILES string of the molecule is c1ccc(C2(c3ccccc3)c3ccccc3-c3c(-c4ccc(N(c5ccc(-c6cccc(-c7ccc8ccccc8c7)c6)cc5)c5ccc(-c6cccc7sc8ccccc8c67)cc5)cc4)cccc32)cc1. The zero-order valence-electron chi connectivity index (χ0n) is 40.0. The molecule has 1 aliphatic rings. The monoisotopic (exact) mass is 945 g/mol. The minimum Gasteiger partial charge on any atom is -0.311 e. The molecule has 0 fully saturated rings. The maximum absolute atomic E-state index is 2.39. The molecule has 1 heterocycles. The average Bonchev–Trinajstić information content (AvgIpc) is 4.01. The fourth-order valence-electron chi connectivity index (χ4n) is 11.8. The molecule has 0 amide bonds. The highest BCUT2D eigenvalue weighted by Crippen LogP contribution is 2.58. The highest BCUT2D eigenvalue weighted by molar-refractivity contribution is 7.25. The van der Waals surface area contributed by atoms with Crippen molar-refractivity contribution in [2.45, 2.75) is 5.41 Å². The fraction of sp³-hybridized carbons (Fsp3) is 0.0141. The maximum Gasteiger partial charge on any atom is 0.0713 e. The molecule has 14 rings (SSSR count). The molecule has 342 valence electrons.